The predicted molar refractivity (Wildman–Crippen MR) is 43.4 cm³/mol. The molecule has 0 radical (unpaired) electrons. The SMILES string of the molecule is C=CCCCS(=O)(=O)C[CH2-].[K+]. The summed E-state index contributed by atoms with van der Waals surface area (Å²) in [5.41, 5.74) is 0. The van der Waals surface area contributed by atoms with Gasteiger partial charge in [-0.15, -0.1) is 6.58 Å². The summed E-state index contributed by atoms with van der Waals surface area (Å²) in [5, 5.41) is 0. The second-order valence-corrected chi connectivity index (χ2v) is 4.39. The third-order valence-corrected chi connectivity index (χ3v) is 2.71. The second-order valence-electron chi connectivity index (χ2n) is 2.08. The average molecular weight is 200 g/mol. The summed E-state index contributed by atoms with van der Waals surface area (Å²) in [6.07, 6.45) is 3.15. The molecule has 0 aromatic rings. The van der Waals surface area contributed by atoms with Crippen molar-refractivity contribution in [1.82, 2.24) is 0 Å². The zero-order valence-electron chi connectivity index (χ0n) is 7.04. The molecule has 0 aliphatic rings. The molecule has 0 saturated carbocycles. The van der Waals surface area contributed by atoms with E-state index in [1.54, 1.807) is 6.08 Å². The Balaban J connectivity index is 0. The van der Waals surface area contributed by atoms with Crippen molar-refractivity contribution in [3.63, 3.8) is 0 Å². The van der Waals surface area contributed by atoms with Gasteiger partial charge in [0.15, 0.2) is 0 Å². The molecular formula is C7H13KO2S. The minimum Gasteiger partial charge on any atom is -0.329 e. The van der Waals surface area contributed by atoms with Crippen LogP contribution in [0.25, 0.3) is 0 Å². The van der Waals surface area contributed by atoms with E-state index < -0.39 is 9.84 Å². The molecule has 0 N–H and O–H groups in total. The normalized spacial score (nSPS) is 10.3. The van der Waals surface area contributed by atoms with Crippen LogP contribution in [0.4, 0.5) is 0 Å². The summed E-state index contributed by atoms with van der Waals surface area (Å²) in [6.45, 7) is 6.82. The van der Waals surface area contributed by atoms with Gasteiger partial charge in [-0.3, -0.25) is 0 Å². The molecular weight excluding hydrogens is 187 g/mol. The van der Waals surface area contributed by atoms with Crippen LogP contribution in [0.3, 0.4) is 0 Å². The van der Waals surface area contributed by atoms with Crippen LogP contribution in [0.2, 0.25) is 0 Å². The van der Waals surface area contributed by atoms with E-state index in [2.05, 4.69) is 13.5 Å². The first kappa shape index (κ1) is 14.8. The molecule has 0 atom stereocenters. The van der Waals surface area contributed by atoms with Crippen molar-refractivity contribution in [3.05, 3.63) is 19.6 Å². The fourth-order valence-corrected chi connectivity index (χ4v) is 1.36. The van der Waals surface area contributed by atoms with Crippen LogP contribution >= 0.6 is 0 Å². The van der Waals surface area contributed by atoms with Gasteiger partial charge in [0.25, 0.3) is 0 Å². The van der Waals surface area contributed by atoms with Crippen LogP contribution < -0.4 is 51.4 Å². The molecule has 0 rings (SSSR count). The Morgan fingerprint density at radius 3 is 2.36 bits per heavy atom. The molecule has 0 bridgehead atoms. The van der Waals surface area contributed by atoms with E-state index in [0.29, 0.717) is 6.42 Å². The van der Waals surface area contributed by atoms with Crippen molar-refractivity contribution in [2.24, 2.45) is 0 Å². The van der Waals surface area contributed by atoms with E-state index >= 15 is 0 Å². The molecule has 2 nitrogen and oxygen atoms in total. The summed E-state index contributed by atoms with van der Waals surface area (Å²) >= 11 is 0. The maximum atomic E-state index is 10.8. The van der Waals surface area contributed by atoms with Crippen molar-refractivity contribution >= 4 is 9.84 Å². The Labute approximate surface area is 112 Å². The van der Waals surface area contributed by atoms with Crippen LogP contribution in [-0.2, 0) is 9.84 Å². The minimum atomic E-state index is -2.85. The molecule has 4 heteroatoms. The quantitative estimate of drug-likeness (QED) is 0.227. The number of unbranched alkanes of at least 4 members (excludes halogenated alkanes) is 1. The number of hydrogen-bond acceptors (Lipinski definition) is 2. The summed E-state index contributed by atoms with van der Waals surface area (Å²) in [5.74, 6) is 0.243. The summed E-state index contributed by atoms with van der Waals surface area (Å²) in [6, 6.07) is 0. The van der Waals surface area contributed by atoms with Crippen LogP contribution in [0.15, 0.2) is 12.7 Å². The maximum absolute atomic E-state index is 10.8. The first-order valence-electron chi connectivity index (χ1n) is 3.23. The molecule has 0 amide bonds. The molecule has 0 aliphatic heterocycles. The van der Waals surface area contributed by atoms with Crippen molar-refractivity contribution in [2.75, 3.05) is 11.5 Å². The monoisotopic (exact) mass is 200 g/mol. The van der Waals surface area contributed by atoms with Crippen molar-refractivity contribution < 1.29 is 59.8 Å². The van der Waals surface area contributed by atoms with Gasteiger partial charge in [0, 0.05) is 5.75 Å². The van der Waals surface area contributed by atoms with Crippen molar-refractivity contribution in [3.8, 4) is 0 Å². The van der Waals surface area contributed by atoms with Crippen LogP contribution in [0, 0.1) is 6.92 Å². The van der Waals surface area contributed by atoms with E-state index in [0.717, 1.165) is 6.42 Å². The standard InChI is InChI=1S/C7H13O2S.K/c1-3-5-6-7-10(8,9)4-2;/h3H,1-2,4-7H2;/q-1;+1. The predicted octanol–water partition coefficient (Wildman–Crippen LogP) is -1.79. The third-order valence-electron chi connectivity index (χ3n) is 1.17. The topological polar surface area (TPSA) is 34.1 Å². The van der Waals surface area contributed by atoms with Gasteiger partial charge in [-0.2, -0.15) is 0 Å². The fraction of sp³-hybridized carbons (Fsp3) is 0.571. The molecule has 11 heavy (non-hydrogen) atoms. The first-order valence-corrected chi connectivity index (χ1v) is 5.05. The van der Waals surface area contributed by atoms with Gasteiger partial charge >= 0.3 is 51.4 Å². The van der Waals surface area contributed by atoms with E-state index in [4.69, 9.17) is 0 Å². The van der Waals surface area contributed by atoms with Gasteiger partial charge in [-0.25, -0.2) is 8.42 Å². The van der Waals surface area contributed by atoms with Gasteiger partial charge in [-0.05, 0) is 12.8 Å². The van der Waals surface area contributed by atoms with E-state index in [1.165, 1.54) is 0 Å². The smallest absolute Gasteiger partial charge is 0.329 e. The number of allylic oxidation sites excluding steroid dienone is 1. The summed E-state index contributed by atoms with van der Waals surface area (Å²) in [4.78, 5) is 0. The molecule has 0 aromatic carbocycles. The number of rotatable bonds is 5. The van der Waals surface area contributed by atoms with Crippen LogP contribution in [-0.4, -0.2) is 19.9 Å². The third kappa shape index (κ3) is 9.24. The Morgan fingerprint density at radius 1 is 1.45 bits per heavy atom. The largest absolute Gasteiger partial charge is 1.00 e. The molecule has 0 heterocycles. The average Bonchev–Trinajstić information content (AvgIpc) is 1.89. The van der Waals surface area contributed by atoms with E-state index in [-0.39, 0.29) is 62.9 Å². The molecule has 0 aromatic heterocycles. The van der Waals surface area contributed by atoms with Gasteiger partial charge < -0.3 is 6.92 Å². The van der Waals surface area contributed by atoms with Crippen LogP contribution in [0.5, 0.6) is 0 Å². The fourth-order valence-electron chi connectivity index (χ4n) is 0.550. The van der Waals surface area contributed by atoms with Gasteiger partial charge in [-0.1, -0.05) is 11.8 Å². The number of hydrogen-bond donors (Lipinski definition) is 0. The summed E-state index contributed by atoms with van der Waals surface area (Å²) < 4.78 is 21.6. The minimum absolute atomic E-state index is 0. The molecule has 0 spiro atoms. The van der Waals surface area contributed by atoms with E-state index in [1.807, 2.05) is 0 Å². The zero-order valence-corrected chi connectivity index (χ0v) is 11.0. The van der Waals surface area contributed by atoms with Crippen molar-refractivity contribution in [1.29, 1.82) is 0 Å². The molecule has 0 fully saturated rings. The zero-order chi connectivity index (χ0) is 8.04. The molecule has 0 aliphatic carbocycles. The molecule has 60 valence electrons. The second kappa shape index (κ2) is 7.95. The Bertz CT molecular complexity index is 185. The Hall–Kier alpha value is 1.33. The Morgan fingerprint density at radius 2 is 2.00 bits per heavy atom. The molecule has 0 saturated heterocycles. The van der Waals surface area contributed by atoms with Crippen molar-refractivity contribution in [2.45, 2.75) is 12.8 Å². The summed E-state index contributed by atoms with van der Waals surface area (Å²) in [7, 11) is -2.85. The number of sulfone groups is 1. The van der Waals surface area contributed by atoms with Gasteiger partial charge in [0.1, 0.15) is 9.84 Å². The first-order chi connectivity index (χ1) is 4.62. The Kier molecular flexibility index (Phi) is 10.7. The molecule has 0 unspecified atom stereocenters. The van der Waals surface area contributed by atoms with Gasteiger partial charge in [0.05, 0.1) is 0 Å². The van der Waals surface area contributed by atoms with Crippen LogP contribution in [0.1, 0.15) is 12.8 Å². The maximum Gasteiger partial charge on any atom is 1.00 e. The van der Waals surface area contributed by atoms with Gasteiger partial charge in [0.2, 0.25) is 0 Å². The van der Waals surface area contributed by atoms with E-state index in [9.17, 15) is 8.42 Å².